The molecule has 0 atom stereocenters. The monoisotopic (exact) mass is 455 g/mol. The van der Waals surface area contributed by atoms with Gasteiger partial charge in [-0.3, -0.25) is 9.59 Å². The molecule has 4 rings (SSSR count). The highest BCUT2D eigenvalue weighted by molar-refractivity contribution is 7.89. The fourth-order valence-electron chi connectivity index (χ4n) is 3.78. The van der Waals surface area contributed by atoms with E-state index in [0.29, 0.717) is 35.4 Å². The second-order valence-corrected chi connectivity index (χ2v) is 9.80. The summed E-state index contributed by atoms with van der Waals surface area (Å²) in [7, 11) is -3.55. The van der Waals surface area contributed by atoms with Gasteiger partial charge < -0.3 is 5.32 Å². The van der Waals surface area contributed by atoms with Crippen molar-refractivity contribution in [2.75, 3.05) is 18.4 Å². The molecule has 168 valence electrons. The maximum atomic E-state index is 12.9. The zero-order valence-electron chi connectivity index (χ0n) is 17.8. The number of aryl methyl sites for hydroxylation is 1. The van der Waals surface area contributed by atoms with Crippen LogP contribution in [0.15, 0.2) is 47.4 Å². The third-order valence-electron chi connectivity index (χ3n) is 5.54. The largest absolute Gasteiger partial charge is 0.326 e. The highest BCUT2D eigenvalue weighted by Gasteiger charge is 2.26. The molecule has 1 fully saturated rings. The van der Waals surface area contributed by atoms with E-state index in [2.05, 4.69) is 15.6 Å². The molecule has 9 nitrogen and oxygen atoms in total. The van der Waals surface area contributed by atoms with Gasteiger partial charge in [0.25, 0.3) is 0 Å². The van der Waals surface area contributed by atoms with Crippen LogP contribution < -0.4 is 5.32 Å². The summed E-state index contributed by atoms with van der Waals surface area (Å²) in [5.41, 5.74) is 2.21. The van der Waals surface area contributed by atoms with Crippen molar-refractivity contribution in [1.29, 1.82) is 0 Å². The maximum Gasteiger partial charge on any atom is 0.243 e. The van der Waals surface area contributed by atoms with Gasteiger partial charge in [-0.2, -0.15) is 4.31 Å². The average molecular weight is 456 g/mol. The van der Waals surface area contributed by atoms with Crippen molar-refractivity contribution in [3.8, 4) is 0 Å². The SMILES string of the molecule is CC(=O)c1cccc(NC(=O)CCn2nnc3cc(S(=O)(=O)N4CCCCC4)ccc32)c1. The van der Waals surface area contributed by atoms with Crippen LogP contribution in [0.1, 0.15) is 43.0 Å². The minimum Gasteiger partial charge on any atom is -0.326 e. The number of hydrogen-bond donors (Lipinski definition) is 1. The van der Waals surface area contributed by atoms with Crippen molar-refractivity contribution < 1.29 is 18.0 Å². The number of piperidine rings is 1. The summed E-state index contributed by atoms with van der Waals surface area (Å²) >= 11 is 0. The van der Waals surface area contributed by atoms with E-state index in [0.717, 1.165) is 19.3 Å². The van der Waals surface area contributed by atoms with E-state index in [1.807, 2.05) is 0 Å². The lowest BCUT2D eigenvalue weighted by Gasteiger charge is -2.25. The smallest absolute Gasteiger partial charge is 0.243 e. The fourth-order valence-corrected chi connectivity index (χ4v) is 5.32. The Hall–Kier alpha value is -3.11. The average Bonchev–Trinajstić information content (AvgIpc) is 3.21. The molecule has 1 amide bonds. The summed E-state index contributed by atoms with van der Waals surface area (Å²) in [5, 5.41) is 10.9. The molecule has 1 saturated heterocycles. The fraction of sp³-hybridized carbons (Fsp3) is 0.364. The number of carbonyl (C=O) groups excluding carboxylic acids is 2. The van der Waals surface area contributed by atoms with Crippen molar-refractivity contribution >= 4 is 38.4 Å². The molecule has 0 spiro atoms. The zero-order valence-corrected chi connectivity index (χ0v) is 18.6. The number of anilines is 1. The summed E-state index contributed by atoms with van der Waals surface area (Å²) in [5.74, 6) is -0.296. The van der Waals surface area contributed by atoms with Crippen molar-refractivity contribution in [1.82, 2.24) is 19.3 Å². The predicted octanol–water partition coefficient (Wildman–Crippen LogP) is 2.84. The van der Waals surface area contributed by atoms with Crippen LogP contribution in [-0.2, 0) is 21.4 Å². The lowest BCUT2D eigenvalue weighted by molar-refractivity contribution is -0.116. The lowest BCUT2D eigenvalue weighted by Crippen LogP contribution is -2.35. The molecular weight excluding hydrogens is 430 g/mol. The summed E-state index contributed by atoms with van der Waals surface area (Å²) < 4.78 is 28.9. The first kappa shape index (κ1) is 22.1. The Morgan fingerprint density at radius 2 is 1.84 bits per heavy atom. The van der Waals surface area contributed by atoms with Gasteiger partial charge >= 0.3 is 0 Å². The molecule has 3 aromatic rings. The summed E-state index contributed by atoms with van der Waals surface area (Å²) in [6, 6.07) is 11.6. The summed E-state index contributed by atoms with van der Waals surface area (Å²) in [6.07, 6.45) is 2.95. The molecule has 1 aliphatic heterocycles. The lowest BCUT2D eigenvalue weighted by atomic mass is 10.1. The molecule has 0 saturated carbocycles. The van der Waals surface area contributed by atoms with Crippen LogP contribution >= 0.6 is 0 Å². The second kappa shape index (κ2) is 9.17. The van der Waals surface area contributed by atoms with Crippen LogP contribution in [0.2, 0.25) is 0 Å². The number of amides is 1. The standard InChI is InChI=1S/C22H25N5O4S/c1-16(28)17-6-5-7-18(14-17)23-22(29)10-13-27-21-9-8-19(15-20(21)24-25-27)32(30,31)26-11-3-2-4-12-26/h5-9,14-15H,2-4,10-13H2,1H3,(H,23,29). The molecule has 1 aromatic heterocycles. The Morgan fingerprint density at radius 1 is 1.06 bits per heavy atom. The predicted molar refractivity (Wildman–Crippen MR) is 120 cm³/mol. The van der Waals surface area contributed by atoms with E-state index in [9.17, 15) is 18.0 Å². The number of aromatic nitrogens is 3. The third kappa shape index (κ3) is 4.71. The van der Waals surface area contributed by atoms with Crippen LogP contribution in [0.25, 0.3) is 11.0 Å². The molecule has 0 radical (unpaired) electrons. The molecule has 0 aliphatic carbocycles. The van der Waals surface area contributed by atoms with Gasteiger partial charge in [0.05, 0.1) is 17.0 Å². The Balaban J connectivity index is 1.43. The van der Waals surface area contributed by atoms with Gasteiger partial charge in [0.2, 0.25) is 15.9 Å². The molecule has 1 aliphatic rings. The summed E-state index contributed by atoms with van der Waals surface area (Å²) in [6.45, 7) is 2.84. The van der Waals surface area contributed by atoms with Gasteiger partial charge in [-0.25, -0.2) is 13.1 Å². The molecule has 10 heteroatoms. The first-order valence-electron chi connectivity index (χ1n) is 10.6. The van der Waals surface area contributed by atoms with E-state index in [1.165, 1.54) is 17.3 Å². The first-order chi connectivity index (χ1) is 15.3. The topological polar surface area (TPSA) is 114 Å². The highest BCUT2D eigenvalue weighted by atomic mass is 32.2. The van der Waals surface area contributed by atoms with Gasteiger partial charge in [-0.1, -0.05) is 23.8 Å². The van der Waals surface area contributed by atoms with Gasteiger partial charge in [0.15, 0.2) is 5.78 Å². The number of rotatable bonds is 7. The quantitative estimate of drug-likeness (QED) is 0.548. The van der Waals surface area contributed by atoms with Crippen molar-refractivity contribution in [2.24, 2.45) is 0 Å². The molecule has 0 unspecified atom stereocenters. The number of fused-ring (bicyclic) bond motifs is 1. The second-order valence-electron chi connectivity index (χ2n) is 7.86. The van der Waals surface area contributed by atoms with Crippen molar-refractivity contribution in [2.45, 2.75) is 44.0 Å². The van der Waals surface area contributed by atoms with Gasteiger partial charge in [0.1, 0.15) is 5.52 Å². The number of ketones is 1. The molecular formula is C22H25N5O4S. The van der Waals surface area contributed by atoms with Gasteiger partial charge in [-0.15, -0.1) is 5.10 Å². The number of carbonyl (C=O) groups is 2. The van der Waals surface area contributed by atoms with E-state index in [4.69, 9.17) is 0 Å². The van der Waals surface area contributed by atoms with Crippen LogP contribution in [0.4, 0.5) is 5.69 Å². The molecule has 32 heavy (non-hydrogen) atoms. The minimum atomic E-state index is -3.55. The number of Topliss-reactive ketones (excluding diaryl/α,β-unsaturated/α-hetero) is 1. The maximum absolute atomic E-state index is 12.9. The van der Waals surface area contributed by atoms with Gasteiger partial charge in [-0.05, 0) is 50.1 Å². The molecule has 1 N–H and O–H groups in total. The molecule has 0 bridgehead atoms. The van der Waals surface area contributed by atoms with Crippen molar-refractivity contribution in [3.05, 3.63) is 48.0 Å². The Labute approximate surface area is 186 Å². The van der Waals surface area contributed by atoms with Crippen LogP contribution in [-0.4, -0.2) is 52.5 Å². The first-order valence-corrected chi connectivity index (χ1v) is 12.0. The van der Waals surface area contributed by atoms with Crippen molar-refractivity contribution in [3.63, 3.8) is 0 Å². The molecule has 2 heterocycles. The Bertz CT molecular complexity index is 1260. The third-order valence-corrected chi connectivity index (χ3v) is 7.44. The van der Waals surface area contributed by atoms with Crippen LogP contribution in [0, 0.1) is 0 Å². The van der Waals surface area contributed by atoms with E-state index >= 15 is 0 Å². The minimum absolute atomic E-state index is 0.0724. The molecule has 2 aromatic carbocycles. The van der Waals surface area contributed by atoms with Crippen LogP contribution in [0.3, 0.4) is 0 Å². The van der Waals surface area contributed by atoms with E-state index in [-0.39, 0.29) is 29.6 Å². The van der Waals surface area contributed by atoms with Gasteiger partial charge in [0, 0.05) is 30.8 Å². The number of nitrogens with zero attached hydrogens (tertiary/aromatic N) is 4. The Kier molecular flexibility index (Phi) is 6.33. The van der Waals surface area contributed by atoms with E-state index < -0.39 is 10.0 Å². The number of sulfonamides is 1. The highest BCUT2D eigenvalue weighted by Crippen LogP contribution is 2.23. The van der Waals surface area contributed by atoms with Crippen LogP contribution in [0.5, 0.6) is 0 Å². The Morgan fingerprint density at radius 3 is 2.59 bits per heavy atom. The van der Waals surface area contributed by atoms with E-state index in [1.54, 1.807) is 41.1 Å². The summed E-state index contributed by atoms with van der Waals surface area (Å²) in [4.78, 5) is 24.0. The number of benzene rings is 2. The number of hydrogen-bond acceptors (Lipinski definition) is 6. The number of nitrogens with one attached hydrogen (secondary N) is 1. The zero-order chi connectivity index (χ0) is 22.7. The normalized spacial score (nSPS) is 15.0.